The maximum absolute atomic E-state index is 12.2. The molecular weight excluding hydrogens is 163 g/mol. The third-order valence-electron chi connectivity index (χ3n) is 2.07. The number of carbonyl (C=O) groups is 2. The lowest BCUT2D eigenvalue weighted by Crippen LogP contribution is -2.42. The maximum atomic E-state index is 12.2. The number of rotatable bonds is 1. The molecule has 5 heteroatoms. The fourth-order valence-electron chi connectivity index (χ4n) is 1.37. The van der Waals surface area contributed by atoms with Gasteiger partial charge in [0.25, 0.3) is 0 Å². The fourth-order valence-corrected chi connectivity index (χ4v) is 1.37. The van der Waals surface area contributed by atoms with E-state index in [1.54, 1.807) is 0 Å². The van der Waals surface area contributed by atoms with Crippen molar-refractivity contribution in [1.29, 1.82) is 0 Å². The van der Waals surface area contributed by atoms with Crippen molar-refractivity contribution in [3.05, 3.63) is 0 Å². The first-order valence-electron chi connectivity index (χ1n) is 3.85. The molecule has 12 heavy (non-hydrogen) atoms. The van der Waals surface area contributed by atoms with Crippen LogP contribution in [0.15, 0.2) is 0 Å². The Morgan fingerprint density at radius 3 is 2.67 bits per heavy atom. The highest BCUT2D eigenvalue weighted by molar-refractivity contribution is 5.78. The van der Waals surface area contributed by atoms with Gasteiger partial charge in [0.2, 0.25) is 5.91 Å². The van der Waals surface area contributed by atoms with Gasteiger partial charge in [-0.3, -0.25) is 4.79 Å². The van der Waals surface area contributed by atoms with E-state index in [0.29, 0.717) is 19.4 Å². The molecule has 0 aromatic heterocycles. The minimum atomic E-state index is -1.47. The van der Waals surface area contributed by atoms with E-state index in [4.69, 9.17) is 5.73 Å². The predicted octanol–water partition coefficient (Wildman–Crippen LogP) is 0.273. The van der Waals surface area contributed by atoms with Crippen LogP contribution in [0.1, 0.15) is 12.8 Å². The van der Waals surface area contributed by atoms with Crippen molar-refractivity contribution in [2.75, 3.05) is 13.1 Å². The summed E-state index contributed by atoms with van der Waals surface area (Å²) in [6.45, 7) is 0.518. The summed E-state index contributed by atoms with van der Waals surface area (Å²) in [5.74, 6) is -0.834. The van der Waals surface area contributed by atoms with Crippen molar-refractivity contribution in [3.8, 4) is 0 Å². The van der Waals surface area contributed by atoms with Crippen LogP contribution in [0.5, 0.6) is 0 Å². The summed E-state index contributed by atoms with van der Waals surface area (Å²) in [6, 6.07) is 0. The molecule has 0 saturated carbocycles. The second-order valence-electron chi connectivity index (χ2n) is 2.94. The number of nitrogens with two attached hydrogens (primary N) is 1. The first-order chi connectivity index (χ1) is 5.61. The predicted molar refractivity (Wildman–Crippen MR) is 40.0 cm³/mol. The van der Waals surface area contributed by atoms with Crippen LogP contribution in [-0.2, 0) is 4.79 Å². The second-order valence-corrected chi connectivity index (χ2v) is 2.94. The largest absolute Gasteiger partial charge is 0.400 e. The molecule has 1 heterocycles. The molecule has 0 aromatic rings. The number of hydrogen-bond donors (Lipinski definition) is 1. The number of primary amides is 1. The molecule has 1 fully saturated rings. The van der Waals surface area contributed by atoms with Crippen LogP contribution in [0.2, 0.25) is 0 Å². The van der Waals surface area contributed by atoms with Crippen molar-refractivity contribution < 1.29 is 14.0 Å². The zero-order chi connectivity index (χ0) is 9.14. The second kappa shape index (κ2) is 3.51. The summed E-state index contributed by atoms with van der Waals surface area (Å²) in [4.78, 5) is 22.0. The lowest BCUT2D eigenvalue weighted by molar-refractivity contribution is -0.123. The number of likely N-dealkylation sites (tertiary alicyclic amines) is 1. The van der Waals surface area contributed by atoms with Gasteiger partial charge in [-0.25, -0.2) is 4.79 Å². The maximum Gasteiger partial charge on any atom is 0.400 e. The van der Waals surface area contributed by atoms with Crippen molar-refractivity contribution in [2.45, 2.75) is 12.8 Å². The van der Waals surface area contributed by atoms with Crippen LogP contribution in [-0.4, -0.2) is 30.1 Å². The lowest BCUT2D eigenvalue weighted by atomic mass is 9.98. The Kier molecular flexibility index (Phi) is 2.62. The van der Waals surface area contributed by atoms with Crippen LogP contribution in [0.25, 0.3) is 0 Å². The highest BCUT2D eigenvalue weighted by Crippen LogP contribution is 2.16. The zero-order valence-corrected chi connectivity index (χ0v) is 6.62. The third kappa shape index (κ3) is 1.93. The molecule has 2 amide bonds. The number of amides is 2. The van der Waals surface area contributed by atoms with Gasteiger partial charge in [-0.2, -0.15) is 0 Å². The summed E-state index contributed by atoms with van der Waals surface area (Å²) < 4.78 is 12.2. The topological polar surface area (TPSA) is 63.4 Å². The van der Waals surface area contributed by atoms with E-state index in [1.807, 2.05) is 0 Å². The minimum absolute atomic E-state index is 0.130. The Morgan fingerprint density at radius 1 is 1.50 bits per heavy atom. The first-order valence-corrected chi connectivity index (χ1v) is 3.85. The van der Waals surface area contributed by atoms with Gasteiger partial charge in [-0.1, -0.05) is 0 Å². The molecule has 0 aromatic carbocycles. The molecule has 1 rings (SSSR count). The Labute approximate surface area is 69.5 Å². The van der Waals surface area contributed by atoms with Gasteiger partial charge in [0, 0.05) is 13.1 Å². The van der Waals surface area contributed by atoms with Gasteiger partial charge < -0.3 is 10.6 Å². The molecule has 2 N–H and O–H groups in total. The van der Waals surface area contributed by atoms with E-state index in [0.717, 1.165) is 4.90 Å². The van der Waals surface area contributed by atoms with E-state index < -0.39 is 12.1 Å². The average Bonchev–Trinajstić information content (AvgIpc) is 2.04. The van der Waals surface area contributed by atoms with E-state index in [9.17, 15) is 14.0 Å². The summed E-state index contributed by atoms with van der Waals surface area (Å²) >= 11 is 0. The van der Waals surface area contributed by atoms with E-state index in [1.165, 1.54) is 0 Å². The van der Waals surface area contributed by atoms with E-state index in [2.05, 4.69) is 0 Å². The average molecular weight is 174 g/mol. The highest BCUT2D eigenvalue weighted by Gasteiger charge is 2.26. The Balaban J connectivity index is 2.51. The number of hydrogen-bond acceptors (Lipinski definition) is 2. The SMILES string of the molecule is NC(=O)C1CCCN(C(=O)F)C1. The van der Waals surface area contributed by atoms with Gasteiger partial charge in [0.05, 0.1) is 5.92 Å². The quantitative estimate of drug-likeness (QED) is 0.458. The normalized spacial score (nSPS) is 23.8. The lowest BCUT2D eigenvalue weighted by Gasteiger charge is -2.28. The fraction of sp³-hybridized carbons (Fsp3) is 0.714. The number of halogens is 1. The third-order valence-corrected chi connectivity index (χ3v) is 2.07. The molecule has 4 nitrogen and oxygen atoms in total. The molecule has 1 atom stereocenters. The molecule has 1 saturated heterocycles. The van der Waals surface area contributed by atoms with Crippen LogP contribution >= 0.6 is 0 Å². The van der Waals surface area contributed by atoms with Crippen molar-refractivity contribution in [2.24, 2.45) is 11.7 Å². The van der Waals surface area contributed by atoms with Crippen LogP contribution in [0.4, 0.5) is 9.18 Å². The van der Waals surface area contributed by atoms with Gasteiger partial charge >= 0.3 is 6.16 Å². The molecule has 1 aliphatic heterocycles. The van der Waals surface area contributed by atoms with Crippen molar-refractivity contribution in [1.82, 2.24) is 4.90 Å². The first kappa shape index (κ1) is 8.96. The van der Waals surface area contributed by atoms with E-state index in [-0.39, 0.29) is 12.5 Å². The number of carbonyl (C=O) groups excluding carboxylic acids is 2. The molecule has 68 valence electrons. The zero-order valence-electron chi connectivity index (χ0n) is 6.62. The molecule has 1 unspecified atom stereocenters. The van der Waals surface area contributed by atoms with Crippen molar-refractivity contribution >= 4 is 12.1 Å². The van der Waals surface area contributed by atoms with Crippen LogP contribution < -0.4 is 5.73 Å². The van der Waals surface area contributed by atoms with Gasteiger partial charge in [-0.15, -0.1) is 4.39 Å². The number of nitrogens with zero attached hydrogens (tertiary/aromatic N) is 1. The Bertz CT molecular complexity index is 188. The highest BCUT2D eigenvalue weighted by atomic mass is 19.1. The molecule has 0 bridgehead atoms. The van der Waals surface area contributed by atoms with Crippen LogP contribution in [0, 0.1) is 5.92 Å². The molecular formula is C7H11FN2O2. The standard InChI is InChI=1S/C7H11FN2O2/c8-7(12)10-3-1-2-5(4-10)6(9)11/h5H,1-4H2,(H2,9,11). The molecule has 0 aliphatic carbocycles. The monoisotopic (exact) mass is 174 g/mol. The van der Waals surface area contributed by atoms with Gasteiger partial charge in [-0.05, 0) is 12.8 Å². The van der Waals surface area contributed by atoms with Gasteiger partial charge in [0.1, 0.15) is 0 Å². The molecule has 0 radical (unpaired) electrons. The van der Waals surface area contributed by atoms with Crippen LogP contribution in [0.3, 0.4) is 0 Å². The number of piperidine rings is 1. The van der Waals surface area contributed by atoms with Crippen molar-refractivity contribution in [3.63, 3.8) is 0 Å². The van der Waals surface area contributed by atoms with E-state index >= 15 is 0 Å². The summed E-state index contributed by atoms with van der Waals surface area (Å²) in [6.07, 6.45) is -0.177. The smallest absolute Gasteiger partial charge is 0.369 e. The minimum Gasteiger partial charge on any atom is -0.369 e. The summed E-state index contributed by atoms with van der Waals surface area (Å²) in [5.41, 5.74) is 5.03. The molecule has 1 aliphatic rings. The Hall–Kier alpha value is -1.13. The molecule has 0 spiro atoms. The summed E-state index contributed by atoms with van der Waals surface area (Å²) in [5, 5.41) is 0. The Morgan fingerprint density at radius 2 is 2.17 bits per heavy atom. The summed E-state index contributed by atoms with van der Waals surface area (Å²) in [7, 11) is 0. The van der Waals surface area contributed by atoms with Gasteiger partial charge in [0.15, 0.2) is 0 Å².